The van der Waals surface area contributed by atoms with Gasteiger partial charge in [0.25, 0.3) is 0 Å². The zero-order valence-electron chi connectivity index (χ0n) is 11.1. The van der Waals surface area contributed by atoms with E-state index in [0.29, 0.717) is 25.2 Å². The van der Waals surface area contributed by atoms with Crippen LogP contribution in [0, 0.1) is 6.92 Å². The summed E-state index contributed by atoms with van der Waals surface area (Å²) in [6, 6.07) is 5.71. The summed E-state index contributed by atoms with van der Waals surface area (Å²) in [5.41, 5.74) is 0.929. The first-order valence-electron chi connectivity index (χ1n) is 6.17. The lowest BCUT2D eigenvalue weighted by molar-refractivity contribution is -0.130. The van der Waals surface area contributed by atoms with E-state index < -0.39 is 0 Å². The topological polar surface area (TPSA) is 74.8 Å². The zero-order valence-corrected chi connectivity index (χ0v) is 11.1. The maximum absolute atomic E-state index is 12.0. The van der Waals surface area contributed by atoms with Crippen LogP contribution in [0.3, 0.4) is 0 Å². The zero-order chi connectivity index (χ0) is 13.7. The number of aromatic nitrogens is 4. The van der Waals surface area contributed by atoms with Crippen LogP contribution < -0.4 is 0 Å². The van der Waals surface area contributed by atoms with Crippen LogP contribution in [0.4, 0.5) is 0 Å². The fourth-order valence-corrected chi connectivity index (χ4v) is 1.73. The Morgan fingerprint density at radius 2 is 2.26 bits per heavy atom. The monoisotopic (exact) mass is 259 g/mol. The summed E-state index contributed by atoms with van der Waals surface area (Å²) < 4.78 is 0. The van der Waals surface area contributed by atoms with Crippen LogP contribution in [0.1, 0.15) is 23.8 Å². The number of carbonyl (C=O) groups is 1. The summed E-state index contributed by atoms with van der Waals surface area (Å²) in [7, 11) is 1.76. The standard InChI is InChI=1S/C13H17N5O/c1-10-15-12(17-16-10)9-18(2)13(19)7-6-11-5-3-4-8-14-11/h3-5,8H,6-7,9H2,1-2H3,(H,15,16,17). The van der Waals surface area contributed by atoms with Gasteiger partial charge in [-0.15, -0.1) is 0 Å². The summed E-state index contributed by atoms with van der Waals surface area (Å²) in [5.74, 6) is 1.45. The van der Waals surface area contributed by atoms with E-state index in [1.54, 1.807) is 18.1 Å². The number of H-pyrrole nitrogens is 1. The molecule has 6 heteroatoms. The fraction of sp³-hybridized carbons (Fsp3) is 0.385. The Bertz CT molecular complexity index is 537. The van der Waals surface area contributed by atoms with Gasteiger partial charge in [0.2, 0.25) is 5.91 Å². The second kappa shape index (κ2) is 6.08. The van der Waals surface area contributed by atoms with Crippen molar-refractivity contribution >= 4 is 5.91 Å². The van der Waals surface area contributed by atoms with Crippen molar-refractivity contribution in [2.75, 3.05) is 7.05 Å². The minimum atomic E-state index is 0.0631. The highest BCUT2D eigenvalue weighted by atomic mass is 16.2. The summed E-state index contributed by atoms with van der Waals surface area (Å²) in [5, 5.41) is 6.78. The van der Waals surface area contributed by atoms with Gasteiger partial charge in [0.1, 0.15) is 5.82 Å². The quantitative estimate of drug-likeness (QED) is 0.872. The Labute approximate surface area is 111 Å². The number of pyridine rings is 1. The van der Waals surface area contributed by atoms with Crippen molar-refractivity contribution in [3.63, 3.8) is 0 Å². The Balaban J connectivity index is 1.82. The van der Waals surface area contributed by atoms with E-state index >= 15 is 0 Å². The molecule has 2 heterocycles. The van der Waals surface area contributed by atoms with Crippen LogP contribution in [0.2, 0.25) is 0 Å². The summed E-state index contributed by atoms with van der Waals surface area (Å²) in [4.78, 5) is 22.0. The Kier molecular flexibility index (Phi) is 4.22. The summed E-state index contributed by atoms with van der Waals surface area (Å²) in [6.07, 6.45) is 2.83. The van der Waals surface area contributed by atoms with Crippen molar-refractivity contribution in [2.24, 2.45) is 0 Å². The third-order valence-corrected chi connectivity index (χ3v) is 2.77. The third-order valence-electron chi connectivity index (χ3n) is 2.77. The maximum Gasteiger partial charge on any atom is 0.223 e. The van der Waals surface area contributed by atoms with E-state index in [1.165, 1.54) is 0 Å². The predicted octanol–water partition coefficient (Wildman–Crippen LogP) is 1.10. The largest absolute Gasteiger partial charge is 0.338 e. The van der Waals surface area contributed by atoms with E-state index in [1.807, 2.05) is 25.1 Å². The molecular weight excluding hydrogens is 242 g/mol. The molecule has 0 saturated carbocycles. The van der Waals surface area contributed by atoms with E-state index in [0.717, 1.165) is 11.5 Å². The molecule has 0 unspecified atom stereocenters. The number of rotatable bonds is 5. The molecule has 0 spiro atoms. The van der Waals surface area contributed by atoms with Crippen molar-refractivity contribution in [3.05, 3.63) is 41.7 Å². The van der Waals surface area contributed by atoms with Crippen LogP contribution in [0.15, 0.2) is 24.4 Å². The second-order valence-electron chi connectivity index (χ2n) is 4.41. The highest BCUT2D eigenvalue weighted by Crippen LogP contribution is 2.03. The SMILES string of the molecule is Cc1nc(CN(C)C(=O)CCc2ccccn2)n[nH]1. The third kappa shape index (κ3) is 3.87. The summed E-state index contributed by atoms with van der Waals surface area (Å²) in [6.45, 7) is 2.25. The van der Waals surface area contributed by atoms with Crippen LogP contribution in [-0.4, -0.2) is 38.0 Å². The number of amides is 1. The molecule has 0 aromatic carbocycles. The van der Waals surface area contributed by atoms with E-state index in [4.69, 9.17) is 0 Å². The minimum Gasteiger partial charge on any atom is -0.338 e. The van der Waals surface area contributed by atoms with E-state index in [2.05, 4.69) is 20.2 Å². The molecule has 0 aliphatic rings. The van der Waals surface area contributed by atoms with Crippen LogP contribution in [-0.2, 0) is 17.8 Å². The molecule has 2 aromatic heterocycles. The molecule has 0 fully saturated rings. The molecule has 100 valence electrons. The molecule has 19 heavy (non-hydrogen) atoms. The number of nitrogens with zero attached hydrogens (tertiary/aromatic N) is 4. The molecule has 1 N–H and O–H groups in total. The first-order chi connectivity index (χ1) is 9.15. The average Bonchev–Trinajstić information content (AvgIpc) is 2.82. The molecule has 2 aromatic rings. The molecular formula is C13H17N5O. The molecule has 0 radical (unpaired) electrons. The van der Waals surface area contributed by atoms with Gasteiger partial charge >= 0.3 is 0 Å². The molecule has 0 aliphatic heterocycles. The van der Waals surface area contributed by atoms with Crippen LogP contribution >= 0.6 is 0 Å². The van der Waals surface area contributed by atoms with Gasteiger partial charge < -0.3 is 4.90 Å². The molecule has 0 atom stereocenters. The lowest BCUT2D eigenvalue weighted by Crippen LogP contribution is -2.27. The summed E-state index contributed by atoms with van der Waals surface area (Å²) >= 11 is 0. The predicted molar refractivity (Wildman–Crippen MR) is 70.2 cm³/mol. The van der Waals surface area contributed by atoms with Gasteiger partial charge in [-0.2, -0.15) is 5.10 Å². The number of hydrogen-bond acceptors (Lipinski definition) is 4. The number of aromatic amines is 1. The second-order valence-corrected chi connectivity index (χ2v) is 4.41. The van der Waals surface area contributed by atoms with Gasteiger partial charge in [-0.1, -0.05) is 6.07 Å². The number of nitrogens with one attached hydrogen (secondary N) is 1. The first-order valence-corrected chi connectivity index (χ1v) is 6.17. The van der Waals surface area contributed by atoms with Gasteiger partial charge in [0, 0.05) is 25.4 Å². The lowest BCUT2D eigenvalue weighted by atomic mass is 10.2. The Morgan fingerprint density at radius 3 is 2.89 bits per heavy atom. The fourth-order valence-electron chi connectivity index (χ4n) is 1.73. The smallest absolute Gasteiger partial charge is 0.223 e. The maximum atomic E-state index is 12.0. The van der Waals surface area contributed by atoms with Gasteiger partial charge in [0.15, 0.2) is 5.82 Å². The minimum absolute atomic E-state index is 0.0631. The van der Waals surface area contributed by atoms with Crippen LogP contribution in [0.5, 0.6) is 0 Å². The van der Waals surface area contributed by atoms with Gasteiger partial charge in [-0.25, -0.2) is 4.98 Å². The molecule has 0 saturated heterocycles. The Hall–Kier alpha value is -2.24. The number of hydrogen-bond donors (Lipinski definition) is 1. The molecule has 2 rings (SSSR count). The first kappa shape index (κ1) is 13.2. The van der Waals surface area contributed by atoms with E-state index in [-0.39, 0.29) is 5.91 Å². The highest BCUT2D eigenvalue weighted by molar-refractivity contribution is 5.75. The van der Waals surface area contributed by atoms with Crippen molar-refractivity contribution in [2.45, 2.75) is 26.3 Å². The normalized spacial score (nSPS) is 10.4. The molecule has 0 aliphatic carbocycles. The Morgan fingerprint density at radius 1 is 1.42 bits per heavy atom. The average molecular weight is 259 g/mol. The van der Waals surface area contributed by atoms with Gasteiger partial charge in [0.05, 0.1) is 6.54 Å². The molecule has 6 nitrogen and oxygen atoms in total. The number of carbonyl (C=O) groups excluding carboxylic acids is 1. The van der Waals surface area contributed by atoms with Gasteiger partial charge in [-0.05, 0) is 25.5 Å². The van der Waals surface area contributed by atoms with Crippen molar-refractivity contribution in [1.82, 2.24) is 25.1 Å². The van der Waals surface area contributed by atoms with Crippen molar-refractivity contribution in [3.8, 4) is 0 Å². The van der Waals surface area contributed by atoms with Crippen molar-refractivity contribution in [1.29, 1.82) is 0 Å². The lowest BCUT2D eigenvalue weighted by Gasteiger charge is -2.14. The molecule has 0 bridgehead atoms. The number of aryl methyl sites for hydroxylation is 2. The van der Waals surface area contributed by atoms with Crippen LogP contribution in [0.25, 0.3) is 0 Å². The van der Waals surface area contributed by atoms with Crippen molar-refractivity contribution < 1.29 is 4.79 Å². The highest BCUT2D eigenvalue weighted by Gasteiger charge is 2.11. The van der Waals surface area contributed by atoms with E-state index in [9.17, 15) is 4.79 Å². The molecule has 1 amide bonds. The van der Waals surface area contributed by atoms with Gasteiger partial charge in [-0.3, -0.25) is 14.9 Å².